The quantitative estimate of drug-likeness (QED) is 0.559. The number of hydrogen-bond acceptors (Lipinski definition) is 5. The molecule has 0 unspecified atom stereocenters. The third-order valence-electron chi connectivity index (χ3n) is 2.50. The molecule has 18 heavy (non-hydrogen) atoms. The van der Waals surface area contributed by atoms with Crippen LogP contribution in [-0.2, 0) is 16.0 Å². The minimum atomic E-state index is -0.360. The Kier molecular flexibility index (Phi) is 6.98. The Bertz CT molecular complexity index is 352. The summed E-state index contributed by atoms with van der Waals surface area (Å²) >= 11 is 0. The van der Waals surface area contributed by atoms with Crippen molar-refractivity contribution in [1.29, 1.82) is 0 Å². The lowest BCUT2D eigenvalue weighted by Gasteiger charge is -2.05. The van der Waals surface area contributed by atoms with Gasteiger partial charge in [0, 0.05) is 26.5 Å². The van der Waals surface area contributed by atoms with Crippen LogP contribution in [0.15, 0.2) is 18.3 Å². The minimum absolute atomic E-state index is 0.360. The van der Waals surface area contributed by atoms with Crippen LogP contribution in [0.3, 0.4) is 0 Å². The normalized spacial score (nSPS) is 10.3. The van der Waals surface area contributed by atoms with Gasteiger partial charge in [0.05, 0.1) is 18.4 Å². The first-order valence-corrected chi connectivity index (χ1v) is 6.01. The van der Waals surface area contributed by atoms with Crippen molar-refractivity contribution in [3.05, 3.63) is 29.6 Å². The second-order valence-electron chi connectivity index (χ2n) is 3.91. The molecule has 1 aromatic rings. The topological polar surface area (TPSA) is 60.5 Å². The second kappa shape index (κ2) is 8.60. The molecule has 0 atom stereocenters. The van der Waals surface area contributed by atoms with Gasteiger partial charge in [0.1, 0.15) is 0 Å². The number of esters is 1. The first kappa shape index (κ1) is 14.6. The minimum Gasteiger partial charge on any atom is -0.465 e. The molecule has 5 nitrogen and oxygen atoms in total. The molecule has 0 aliphatic heterocycles. The van der Waals surface area contributed by atoms with Crippen molar-refractivity contribution in [2.75, 3.05) is 27.4 Å². The van der Waals surface area contributed by atoms with E-state index >= 15 is 0 Å². The van der Waals surface area contributed by atoms with E-state index in [1.165, 1.54) is 13.3 Å². The molecule has 100 valence electrons. The van der Waals surface area contributed by atoms with Gasteiger partial charge in [-0.3, -0.25) is 4.98 Å². The van der Waals surface area contributed by atoms with E-state index in [0.717, 1.165) is 31.7 Å². The fraction of sp³-hybridized carbons (Fsp3) is 0.538. The van der Waals surface area contributed by atoms with E-state index in [0.29, 0.717) is 12.1 Å². The monoisotopic (exact) mass is 252 g/mol. The van der Waals surface area contributed by atoms with Crippen molar-refractivity contribution in [3.63, 3.8) is 0 Å². The fourth-order valence-corrected chi connectivity index (χ4v) is 1.48. The van der Waals surface area contributed by atoms with Crippen LogP contribution in [0.25, 0.3) is 0 Å². The number of pyridine rings is 1. The number of hydrogen-bond donors (Lipinski definition) is 1. The van der Waals surface area contributed by atoms with Gasteiger partial charge in [-0.15, -0.1) is 0 Å². The largest absolute Gasteiger partial charge is 0.465 e. The zero-order valence-electron chi connectivity index (χ0n) is 10.9. The number of nitrogens with one attached hydrogen (secondary N) is 1. The molecule has 0 fully saturated rings. The summed E-state index contributed by atoms with van der Waals surface area (Å²) in [6, 6.07) is 3.55. The Morgan fingerprint density at radius 3 is 2.78 bits per heavy atom. The second-order valence-corrected chi connectivity index (χ2v) is 3.91. The van der Waals surface area contributed by atoms with Gasteiger partial charge >= 0.3 is 5.97 Å². The number of methoxy groups -OCH3 is 2. The summed E-state index contributed by atoms with van der Waals surface area (Å²) in [6.07, 6.45) is 3.67. The van der Waals surface area contributed by atoms with E-state index in [-0.39, 0.29) is 5.97 Å². The van der Waals surface area contributed by atoms with E-state index in [1.54, 1.807) is 13.2 Å². The first-order valence-electron chi connectivity index (χ1n) is 6.01. The average molecular weight is 252 g/mol. The van der Waals surface area contributed by atoms with E-state index in [1.807, 2.05) is 6.07 Å². The highest BCUT2D eigenvalue weighted by Crippen LogP contribution is 2.01. The van der Waals surface area contributed by atoms with Crippen molar-refractivity contribution in [3.8, 4) is 0 Å². The van der Waals surface area contributed by atoms with Crippen molar-refractivity contribution >= 4 is 5.97 Å². The predicted octanol–water partition coefficient (Wildman–Crippen LogP) is 1.38. The molecule has 0 aromatic carbocycles. The maximum absolute atomic E-state index is 11.2. The van der Waals surface area contributed by atoms with E-state index < -0.39 is 0 Å². The van der Waals surface area contributed by atoms with Gasteiger partial charge in [-0.05, 0) is 31.5 Å². The number of rotatable bonds is 8. The van der Waals surface area contributed by atoms with Gasteiger partial charge in [-0.1, -0.05) is 0 Å². The molecule has 0 aliphatic carbocycles. The zero-order valence-corrected chi connectivity index (χ0v) is 10.9. The molecule has 5 heteroatoms. The lowest BCUT2D eigenvalue weighted by atomic mass is 10.2. The molecule has 0 bridgehead atoms. The highest BCUT2D eigenvalue weighted by molar-refractivity contribution is 5.88. The summed E-state index contributed by atoms with van der Waals surface area (Å²) in [7, 11) is 3.07. The van der Waals surface area contributed by atoms with Crippen LogP contribution in [0, 0.1) is 0 Å². The Labute approximate surface area is 108 Å². The number of ether oxygens (including phenoxy) is 2. The molecule has 0 spiro atoms. The van der Waals surface area contributed by atoms with Gasteiger partial charge in [0.15, 0.2) is 0 Å². The summed E-state index contributed by atoms with van der Waals surface area (Å²) in [5.74, 6) is -0.360. The maximum atomic E-state index is 11.2. The summed E-state index contributed by atoms with van der Waals surface area (Å²) in [6.45, 7) is 2.44. The lowest BCUT2D eigenvalue weighted by Crippen LogP contribution is -2.16. The van der Waals surface area contributed by atoms with Crippen LogP contribution in [0.1, 0.15) is 28.9 Å². The van der Waals surface area contributed by atoms with E-state index in [2.05, 4.69) is 15.0 Å². The Morgan fingerprint density at radius 1 is 1.33 bits per heavy atom. The number of carbonyl (C=O) groups is 1. The van der Waals surface area contributed by atoms with Gasteiger partial charge < -0.3 is 14.8 Å². The third-order valence-corrected chi connectivity index (χ3v) is 2.50. The number of carbonyl (C=O) groups excluding carboxylic acids is 1. The number of unbranched alkanes of at least 4 members (excludes halogenated alkanes) is 1. The standard InChI is InChI=1S/C13H20N2O3/c1-17-8-4-3-7-14-10-12-6-5-11(9-15-12)13(16)18-2/h5-6,9,14H,3-4,7-8,10H2,1-2H3. The lowest BCUT2D eigenvalue weighted by molar-refractivity contribution is 0.0600. The zero-order chi connectivity index (χ0) is 13.2. The summed E-state index contributed by atoms with van der Waals surface area (Å²) < 4.78 is 9.57. The molecule has 1 aromatic heterocycles. The van der Waals surface area contributed by atoms with E-state index in [9.17, 15) is 4.79 Å². The van der Waals surface area contributed by atoms with Crippen LogP contribution in [0.5, 0.6) is 0 Å². The van der Waals surface area contributed by atoms with E-state index in [4.69, 9.17) is 4.74 Å². The Balaban J connectivity index is 2.25. The highest BCUT2D eigenvalue weighted by atomic mass is 16.5. The van der Waals surface area contributed by atoms with Crippen LogP contribution < -0.4 is 5.32 Å². The molecule has 1 rings (SSSR count). The molecule has 1 heterocycles. The van der Waals surface area contributed by atoms with Gasteiger partial charge in [0.25, 0.3) is 0 Å². The predicted molar refractivity (Wildman–Crippen MR) is 68.4 cm³/mol. The molecular formula is C13H20N2O3. The van der Waals surface area contributed by atoms with Crippen molar-refractivity contribution < 1.29 is 14.3 Å². The molecule has 0 radical (unpaired) electrons. The molecule has 0 saturated carbocycles. The molecule has 0 aliphatic rings. The van der Waals surface area contributed by atoms with Gasteiger partial charge in [0.2, 0.25) is 0 Å². The Morgan fingerprint density at radius 2 is 2.17 bits per heavy atom. The van der Waals surface area contributed by atoms with Crippen molar-refractivity contribution in [2.45, 2.75) is 19.4 Å². The van der Waals surface area contributed by atoms with Crippen LogP contribution in [0.4, 0.5) is 0 Å². The van der Waals surface area contributed by atoms with Gasteiger partial charge in [-0.2, -0.15) is 0 Å². The van der Waals surface area contributed by atoms with Crippen molar-refractivity contribution in [1.82, 2.24) is 10.3 Å². The van der Waals surface area contributed by atoms with Gasteiger partial charge in [-0.25, -0.2) is 4.79 Å². The fourth-order valence-electron chi connectivity index (χ4n) is 1.48. The summed E-state index contributed by atoms with van der Waals surface area (Å²) in [5, 5.41) is 3.29. The number of aromatic nitrogens is 1. The van der Waals surface area contributed by atoms with Crippen LogP contribution in [0.2, 0.25) is 0 Å². The maximum Gasteiger partial charge on any atom is 0.339 e. The van der Waals surface area contributed by atoms with Crippen LogP contribution in [-0.4, -0.2) is 38.3 Å². The Hall–Kier alpha value is -1.46. The molecule has 1 N–H and O–H groups in total. The smallest absolute Gasteiger partial charge is 0.339 e. The average Bonchev–Trinajstić information content (AvgIpc) is 2.42. The number of nitrogens with zero attached hydrogens (tertiary/aromatic N) is 1. The highest BCUT2D eigenvalue weighted by Gasteiger charge is 2.04. The molecular weight excluding hydrogens is 232 g/mol. The summed E-state index contributed by atoms with van der Waals surface area (Å²) in [5.41, 5.74) is 1.38. The van der Waals surface area contributed by atoms with Crippen molar-refractivity contribution in [2.24, 2.45) is 0 Å². The van der Waals surface area contributed by atoms with Crippen LogP contribution >= 0.6 is 0 Å². The third kappa shape index (κ3) is 5.25. The first-order chi connectivity index (χ1) is 8.77. The molecule has 0 amide bonds. The summed E-state index contributed by atoms with van der Waals surface area (Å²) in [4.78, 5) is 15.4. The SMILES string of the molecule is COCCCCNCc1ccc(C(=O)OC)cn1. The molecule has 0 saturated heterocycles.